The summed E-state index contributed by atoms with van der Waals surface area (Å²) in [5.74, 6) is 1.80. The number of rotatable bonds is 4. The van der Waals surface area contributed by atoms with Crippen molar-refractivity contribution in [2.75, 3.05) is 5.32 Å². The van der Waals surface area contributed by atoms with E-state index < -0.39 is 0 Å². The first-order valence-electron chi connectivity index (χ1n) is 7.56. The second-order valence-corrected chi connectivity index (χ2v) is 5.94. The fourth-order valence-electron chi connectivity index (χ4n) is 2.44. The maximum absolute atomic E-state index is 4.45. The van der Waals surface area contributed by atoms with Gasteiger partial charge in [-0.25, -0.2) is 4.98 Å². The SMILES string of the molecule is Cc1cc(C)n2nc(NCc3ccc(C(C)C)cc3)nc2n1. The highest BCUT2D eigenvalue weighted by Gasteiger charge is 2.07. The molecule has 0 saturated heterocycles. The Morgan fingerprint density at radius 1 is 1.09 bits per heavy atom. The maximum Gasteiger partial charge on any atom is 0.254 e. The molecule has 2 aromatic heterocycles. The summed E-state index contributed by atoms with van der Waals surface area (Å²) in [6.07, 6.45) is 0. The van der Waals surface area contributed by atoms with Crippen LogP contribution < -0.4 is 5.32 Å². The molecule has 3 aromatic rings. The van der Waals surface area contributed by atoms with E-state index >= 15 is 0 Å². The lowest BCUT2D eigenvalue weighted by molar-refractivity contribution is 0.864. The van der Waals surface area contributed by atoms with Gasteiger partial charge < -0.3 is 5.32 Å². The number of benzene rings is 1. The van der Waals surface area contributed by atoms with Crippen LogP contribution in [0.25, 0.3) is 5.78 Å². The molecule has 114 valence electrons. The van der Waals surface area contributed by atoms with Crippen LogP contribution in [0.15, 0.2) is 30.3 Å². The number of nitrogens with one attached hydrogen (secondary N) is 1. The third-order valence-corrected chi connectivity index (χ3v) is 3.72. The molecular weight excluding hydrogens is 274 g/mol. The number of aryl methyl sites for hydroxylation is 2. The highest BCUT2D eigenvalue weighted by Crippen LogP contribution is 2.15. The zero-order valence-electron chi connectivity index (χ0n) is 13.5. The van der Waals surface area contributed by atoms with Gasteiger partial charge in [0.15, 0.2) is 0 Å². The van der Waals surface area contributed by atoms with E-state index in [-0.39, 0.29) is 0 Å². The summed E-state index contributed by atoms with van der Waals surface area (Å²) in [6, 6.07) is 10.6. The largest absolute Gasteiger partial charge is 0.349 e. The van der Waals surface area contributed by atoms with Crippen molar-refractivity contribution in [1.29, 1.82) is 0 Å². The van der Waals surface area contributed by atoms with E-state index in [9.17, 15) is 0 Å². The first kappa shape index (κ1) is 14.5. The van der Waals surface area contributed by atoms with Crippen molar-refractivity contribution in [2.45, 2.75) is 40.2 Å². The van der Waals surface area contributed by atoms with Crippen LogP contribution in [0.4, 0.5) is 5.95 Å². The van der Waals surface area contributed by atoms with Crippen molar-refractivity contribution in [3.05, 3.63) is 52.8 Å². The number of hydrogen-bond donors (Lipinski definition) is 1. The number of fused-ring (bicyclic) bond motifs is 1. The number of nitrogens with zero attached hydrogens (tertiary/aromatic N) is 4. The molecule has 0 bridgehead atoms. The summed E-state index contributed by atoms with van der Waals surface area (Å²) >= 11 is 0. The standard InChI is InChI=1S/C17H21N5/c1-11(2)15-7-5-14(6-8-15)10-18-16-20-17-19-12(3)9-13(4)22(17)21-16/h5-9,11H,10H2,1-4H3,(H,18,21). The van der Waals surface area contributed by atoms with E-state index in [1.54, 1.807) is 4.52 Å². The second kappa shape index (κ2) is 5.75. The van der Waals surface area contributed by atoms with Crippen LogP contribution in [-0.4, -0.2) is 19.6 Å². The van der Waals surface area contributed by atoms with Gasteiger partial charge in [-0.3, -0.25) is 0 Å². The third-order valence-electron chi connectivity index (χ3n) is 3.72. The summed E-state index contributed by atoms with van der Waals surface area (Å²) in [5, 5.41) is 7.71. The quantitative estimate of drug-likeness (QED) is 0.800. The van der Waals surface area contributed by atoms with Gasteiger partial charge in [0.2, 0.25) is 5.95 Å². The predicted molar refractivity (Wildman–Crippen MR) is 88.1 cm³/mol. The molecule has 0 aliphatic heterocycles. The van der Waals surface area contributed by atoms with Crippen molar-refractivity contribution in [1.82, 2.24) is 19.6 Å². The zero-order chi connectivity index (χ0) is 15.7. The van der Waals surface area contributed by atoms with Crippen molar-refractivity contribution >= 4 is 11.7 Å². The Labute approximate surface area is 130 Å². The first-order valence-corrected chi connectivity index (χ1v) is 7.56. The normalized spacial score (nSPS) is 11.3. The Morgan fingerprint density at radius 2 is 1.82 bits per heavy atom. The molecule has 0 amide bonds. The van der Waals surface area contributed by atoms with Crippen molar-refractivity contribution in [2.24, 2.45) is 0 Å². The molecule has 0 aliphatic carbocycles. The van der Waals surface area contributed by atoms with Gasteiger partial charge in [-0.05, 0) is 37.0 Å². The summed E-state index contributed by atoms with van der Waals surface area (Å²) < 4.78 is 1.76. The van der Waals surface area contributed by atoms with E-state index in [1.807, 2.05) is 19.9 Å². The van der Waals surface area contributed by atoms with Gasteiger partial charge in [0.1, 0.15) is 0 Å². The summed E-state index contributed by atoms with van der Waals surface area (Å²) in [5.41, 5.74) is 4.55. The summed E-state index contributed by atoms with van der Waals surface area (Å²) in [7, 11) is 0. The molecule has 3 rings (SSSR count). The van der Waals surface area contributed by atoms with Crippen LogP contribution in [0, 0.1) is 13.8 Å². The molecule has 5 heteroatoms. The van der Waals surface area contributed by atoms with Crippen LogP contribution >= 0.6 is 0 Å². The minimum absolute atomic E-state index is 0.555. The van der Waals surface area contributed by atoms with Crippen molar-refractivity contribution in [3.8, 4) is 0 Å². The van der Waals surface area contributed by atoms with E-state index in [4.69, 9.17) is 0 Å². The van der Waals surface area contributed by atoms with Gasteiger partial charge in [-0.15, -0.1) is 5.10 Å². The van der Waals surface area contributed by atoms with Gasteiger partial charge in [-0.1, -0.05) is 38.1 Å². The second-order valence-electron chi connectivity index (χ2n) is 5.94. The Kier molecular flexibility index (Phi) is 3.79. The average molecular weight is 295 g/mol. The van der Waals surface area contributed by atoms with Crippen molar-refractivity contribution < 1.29 is 0 Å². The van der Waals surface area contributed by atoms with Crippen LogP contribution in [0.2, 0.25) is 0 Å². The predicted octanol–water partition coefficient (Wildman–Crippen LogP) is 3.48. The monoisotopic (exact) mass is 295 g/mol. The fourth-order valence-corrected chi connectivity index (χ4v) is 2.44. The van der Waals surface area contributed by atoms with Gasteiger partial charge in [-0.2, -0.15) is 9.50 Å². The molecule has 5 nitrogen and oxygen atoms in total. The van der Waals surface area contributed by atoms with E-state index in [0.717, 1.165) is 11.4 Å². The molecule has 0 aliphatic rings. The minimum atomic E-state index is 0.555. The third kappa shape index (κ3) is 2.93. The van der Waals surface area contributed by atoms with E-state index in [1.165, 1.54) is 11.1 Å². The maximum atomic E-state index is 4.45. The Hall–Kier alpha value is -2.43. The highest BCUT2D eigenvalue weighted by molar-refractivity contribution is 5.39. The molecule has 0 unspecified atom stereocenters. The molecule has 1 aromatic carbocycles. The molecule has 0 fully saturated rings. The van der Waals surface area contributed by atoms with Crippen molar-refractivity contribution in [3.63, 3.8) is 0 Å². The molecule has 0 atom stereocenters. The molecule has 2 heterocycles. The molecular formula is C17H21N5. The minimum Gasteiger partial charge on any atom is -0.349 e. The number of anilines is 1. The topological polar surface area (TPSA) is 55.1 Å². The Morgan fingerprint density at radius 3 is 2.50 bits per heavy atom. The molecule has 0 radical (unpaired) electrons. The van der Waals surface area contributed by atoms with Crippen LogP contribution in [0.3, 0.4) is 0 Å². The number of hydrogen-bond acceptors (Lipinski definition) is 4. The van der Waals surface area contributed by atoms with Crippen LogP contribution in [0.5, 0.6) is 0 Å². The Bertz CT molecular complexity index is 787. The fraction of sp³-hybridized carbons (Fsp3) is 0.353. The van der Waals surface area contributed by atoms with Crippen LogP contribution in [-0.2, 0) is 6.54 Å². The van der Waals surface area contributed by atoms with E-state index in [2.05, 4.69) is 58.5 Å². The lowest BCUT2D eigenvalue weighted by Crippen LogP contribution is -2.02. The van der Waals surface area contributed by atoms with Gasteiger partial charge in [0.05, 0.1) is 0 Å². The number of aromatic nitrogens is 4. The summed E-state index contributed by atoms with van der Waals surface area (Å²) in [6.45, 7) is 9.07. The zero-order valence-corrected chi connectivity index (χ0v) is 13.5. The van der Waals surface area contributed by atoms with E-state index in [0.29, 0.717) is 24.2 Å². The Balaban J connectivity index is 1.75. The highest BCUT2D eigenvalue weighted by atomic mass is 15.4. The first-order chi connectivity index (χ1) is 10.5. The van der Waals surface area contributed by atoms with Crippen LogP contribution in [0.1, 0.15) is 42.3 Å². The van der Waals surface area contributed by atoms with Gasteiger partial charge >= 0.3 is 0 Å². The molecule has 0 spiro atoms. The average Bonchev–Trinajstić information content (AvgIpc) is 2.89. The molecule has 22 heavy (non-hydrogen) atoms. The van der Waals surface area contributed by atoms with Gasteiger partial charge in [0.25, 0.3) is 5.78 Å². The van der Waals surface area contributed by atoms with Gasteiger partial charge in [0, 0.05) is 17.9 Å². The lowest BCUT2D eigenvalue weighted by atomic mass is 10.0. The molecule has 0 saturated carbocycles. The summed E-state index contributed by atoms with van der Waals surface area (Å²) in [4.78, 5) is 8.82. The molecule has 1 N–H and O–H groups in total. The smallest absolute Gasteiger partial charge is 0.254 e. The lowest BCUT2D eigenvalue weighted by Gasteiger charge is -2.07.